The van der Waals surface area contributed by atoms with Crippen LogP contribution >= 0.6 is 22.9 Å². The summed E-state index contributed by atoms with van der Waals surface area (Å²) in [6, 6.07) is 8.49. The van der Waals surface area contributed by atoms with E-state index in [1.807, 2.05) is 11.4 Å². The van der Waals surface area contributed by atoms with Gasteiger partial charge in [-0.1, -0.05) is 17.7 Å². The summed E-state index contributed by atoms with van der Waals surface area (Å²) in [6.07, 6.45) is 0. The number of hydrogen-bond acceptors (Lipinski definition) is 2. The Hall–Kier alpha value is -0.990. The fourth-order valence-corrected chi connectivity index (χ4v) is 2.72. The molecular weight excluding hydrogens is 238 g/mol. The standard InChI is InChI=1S/C13H14ClNS/c1-9-3-10(2)5-12(4-9)15-7-13-6-11(14)8-16-13/h3-6,8,15H,7H2,1-2H3. The zero-order valence-electron chi connectivity index (χ0n) is 9.38. The van der Waals surface area contributed by atoms with Crippen molar-refractivity contribution in [1.29, 1.82) is 0 Å². The number of halogens is 1. The highest BCUT2D eigenvalue weighted by molar-refractivity contribution is 7.10. The molecule has 0 amide bonds. The van der Waals surface area contributed by atoms with Crippen LogP contribution in [-0.2, 0) is 6.54 Å². The normalized spacial score (nSPS) is 10.4. The molecule has 0 fully saturated rings. The van der Waals surface area contributed by atoms with Crippen molar-refractivity contribution in [3.63, 3.8) is 0 Å². The van der Waals surface area contributed by atoms with Gasteiger partial charge in [-0.15, -0.1) is 11.3 Å². The van der Waals surface area contributed by atoms with Gasteiger partial charge in [-0.2, -0.15) is 0 Å². The van der Waals surface area contributed by atoms with E-state index in [2.05, 4.69) is 37.4 Å². The minimum absolute atomic E-state index is 0.822. The average molecular weight is 252 g/mol. The zero-order chi connectivity index (χ0) is 11.5. The van der Waals surface area contributed by atoms with Crippen LogP contribution < -0.4 is 5.32 Å². The zero-order valence-corrected chi connectivity index (χ0v) is 11.0. The highest BCUT2D eigenvalue weighted by Crippen LogP contribution is 2.21. The average Bonchev–Trinajstić information content (AvgIpc) is 2.60. The molecule has 1 aromatic heterocycles. The van der Waals surface area contributed by atoms with E-state index in [9.17, 15) is 0 Å². The van der Waals surface area contributed by atoms with E-state index in [4.69, 9.17) is 11.6 Å². The van der Waals surface area contributed by atoms with Crippen LogP contribution in [0.15, 0.2) is 29.6 Å². The predicted octanol–water partition coefficient (Wildman–Crippen LogP) is 4.63. The maximum atomic E-state index is 5.88. The number of thiophene rings is 1. The van der Waals surface area contributed by atoms with Gasteiger partial charge in [0.05, 0.1) is 5.02 Å². The molecule has 0 saturated heterocycles. The van der Waals surface area contributed by atoms with E-state index in [-0.39, 0.29) is 0 Å². The van der Waals surface area contributed by atoms with Gasteiger partial charge in [-0.05, 0) is 43.2 Å². The first-order valence-electron chi connectivity index (χ1n) is 5.18. The molecule has 2 aromatic rings. The molecule has 0 unspecified atom stereocenters. The number of nitrogens with one attached hydrogen (secondary N) is 1. The topological polar surface area (TPSA) is 12.0 Å². The first-order valence-corrected chi connectivity index (χ1v) is 6.44. The molecule has 84 valence electrons. The highest BCUT2D eigenvalue weighted by atomic mass is 35.5. The lowest BCUT2D eigenvalue weighted by Gasteiger charge is -2.07. The van der Waals surface area contributed by atoms with Crippen molar-refractivity contribution in [2.75, 3.05) is 5.32 Å². The second-order valence-electron chi connectivity index (χ2n) is 3.96. The monoisotopic (exact) mass is 251 g/mol. The molecule has 0 aliphatic carbocycles. The number of rotatable bonds is 3. The summed E-state index contributed by atoms with van der Waals surface area (Å²) in [6.45, 7) is 5.06. The molecule has 16 heavy (non-hydrogen) atoms. The third-order valence-corrected chi connectivity index (χ3v) is 3.59. The number of hydrogen-bond donors (Lipinski definition) is 1. The Morgan fingerprint density at radius 3 is 2.38 bits per heavy atom. The lowest BCUT2D eigenvalue weighted by atomic mass is 10.1. The molecule has 1 aromatic carbocycles. The van der Waals surface area contributed by atoms with Crippen molar-refractivity contribution in [2.24, 2.45) is 0 Å². The number of anilines is 1. The SMILES string of the molecule is Cc1cc(C)cc(NCc2cc(Cl)cs2)c1. The maximum Gasteiger partial charge on any atom is 0.0516 e. The number of benzene rings is 1. The van der Waals surface area contributed by atoms with Crippen molar-refractivity contribution in [2.45, 2.75) is 20.4 Å². The van der Waals surface area contributed by atoms with Gasteiger partial charge >= 0.3 is 0 Å². The van der Waals surface area contributed by atoms with Gasteiger partial charge in [0.25, 0.3) is 0 Å². The molecule has 0 aliphatic heterocycles. The third-order valence-electron chi connectivity index (χ3n) is 2.31. The van der Waals surface area contributed by atoms with Gasteiger partial charge in [-0.25, -0.2) is 0 Å². The Balaban J connectivity index is 2.04. The lowest BCUT2D eigenvalue weighted by Crippen LogP contribution is -1.97. The van der Waals surface area contributed by atoms with Crippen LogP contribution in [0.1, 0.15) is 16.0 Å². The minimum atomic E-state index is 0.822. The van der Waals surface area contributed by atoms with Gasteiger partial charge in [0.1, 0.15) is 0 Å². The molecule has 0 bridgehead atoms. The van der Waals surface area contributed by atoms with Crippen molar-refractivity contribution >= 4 is 28.6 Å². The third kappa shape index (κ3) is 3.00. The molecule has 1 N–H and O–H groups in total. The van der Waals surface area contributed by atoms with Crippen molar-refractivity contribution in [3.05, 3.63) is 50.7 Å². The summed E-state index contributed by atoms with van der Waals surface area (Å²) in [5, 5.41) is 6.19. The van der Waals surface area contributed by atoms with Crippen LogP contribution in [0.2, 0.25) is 5.02 Å². The van der Waals surface area contributed by atoms with Crippen molar-refractivity contribution in [1.82, 2.24) is 0 Å². The molecule has 0 spiro atoms. The molecule has 2 rings (SSSR count). The Morgan fingerprint density at radius 2 is 1.81 bits per heavy atom. The molecule has 0 saturated carbocycles. The quantitative estimate of drug-likeness (QED) is 0.839. The largest absolute Gasteiger partial charge is 0.380 e. The van der Waals surface area contributed by atoms with Crippen LogP contribution in [0.5, 0.6) is 0 Å². The van der Waals surface area contributed by atoms with E-state index in [0.29, 0.717) is 0 Å². The van der Waals surface area contributed by atoms with Crippen molar-refractivity contribution < 1.29 is 0 Å². The Kier molecular flexibility index (Phi) is 3.52. The second-order valence-corrected chi connectivity index (χ2v) is 5.39. The summed E-state index contributed by atoms with van der Waals surface area (Å²) in [7, 11) is 0. The Labute approximate surface area is 105 Å². The highest BCUT2D eigenvalue weighted by Gasteiger charge is 1.99. The Morgan fingerprint density at radius 1 is 1.12 bits per heavy atom. The van der Waals surface area contributed by atoms with Gasteiger partial charge in [0.15, 0.2) is 0 Å². The van der Waals surface area contributed by atoms with E-state index in [1.54, 1.807) is 11.3 Å². The van der Waals surface area contributed by atoms with Crippen LogP contribution in [0, 0.1) is 13.8 Å². The van der Waals surface area contributed by atoms with Crippen LogP contribution in [-0.4, -0.2) is 0 Å². The summed E-state index contributed by atoms with van der Waals surface area (Å²) >= 11 is 7.56. The van der Waals surface area contributed by atoms with E-state index in [1.165, 1.54) is 21.7 Å². The van der Waals surface area contributed by atoms with Crippen molar-refractivity contribution in [3.8, 4) is 0 Å². The predicted molar refractivity (Wildman–Crippen MR) is 72.6 cm³/mol. The van der Waals surface area contributed by atoms with Crippen LogP contribution in [0.4, 0.5) is 5.69 Å². The molecule has 1 nitrogen and oxygen atoms in total. The van der Waals surface area contributed by atoms with Gasteiger partial charge in [-0.3, -0.25) is 0 Å². The fraction of sp³-hybridized carbons (Fsp3) is 0.231. The lowest BCUT2D eigenvalue weighted by molar-refractivity contribution is 1.18. The smallest absolute Gasteiger partial charge is 0.0516 e. The molecule has 1 heterocycles. The molecular formula is C13H14ClNS. The first-order chi connectivity index (χ1) is 7.63. The van der Waals surface area contributed by atoms with Gasteiger partial charge in [0, 0.05) is 22.5 Å². The second kappa shape index (κ2) is 4.89. The summed E-state index contributed by atoms with van der Waals surface area (Å²) in [5.74, 6) is 0. The fourth-order valence-electron chi connectivity index (χ4n) is 1.71. The van der Waals surface area contributed by atoms with Gasteiger partial charge in [0.2, 0.25) is 0 Å². The maximum absolute atomic E-state index is 5.88. The molecule has 0 radical (unpaired) electrons. The summed E-state index contributed by atoms with van der Waals surface area (Å²) in [5.41, 5.74) is 3.74. The number of aryl methyl sites for hydroxylation is 2. The molecule has 0 atom stereocenters. The summed E-state index contributed by atoms with van der Waals surface area (Å²) in [4.78, 5) is 1.25. The van der Waals surface area contributed by atoms with Gasteiger partial charge < -0.3 is 5.32 Å². The Bertz CT molecular complexity index is 470. The van der Waals surface area contributed by atoms with E-state index < -0.39 is 0 Å². The minimum Gasteiger partial charge on any atom is -0.380 e. The van der Waals surface area contributed by atoms with E-state index >= 15 is 0 Å². The van der Waals surface area contributed by atoms with E-state index in [0.717, 1.165) is 11.6 Å². The first kappa shape index (κ1) is 11.5. The molecule has 0 aliphatic rings. The summed E-state index contributed by atoms with van der Waals surface area (Å²) < 4.78 is 0. The molecule has 3 heteroatoms. The van der Waals surface area contributed by atoms with Crippen LogP contribution in [0.3, 0.4) is 0 Å². The van der Waals surface area contributed by atoms with Crippen LogP contribution in [0.25, 0.3) is 0 Å².